The quantitative estimate of drug-likeness (QED) is 0.915. The fourth-order valence-corrected chi connectivity index (χ4v) is 3.81. The van der Waals surface area contributed by atoms with Gasteiger partial charge in [0.1, 0.15) is 16.2 Å². The fourth-order valence-electron chi connectivity index (χ4n) is 2.78. The smallest absolute Gasteiger partial charge is 0.163 e. The molecule has 3 rings (SSSR count). The lowest BCUT2D eigenvalue weighted by molar-refractivity contribution is -0.0757. The summed E-state index contributed by atoms with van der Waals surface area (Å²) in [4.78, 5) is 11.9. The van der Waals surface area contributed by atoms with Crippen LogP contribution >= 0.6 is 11.3 Å². The van der Waals surface area contributed by atoms with Gasteiger partial charge in [-0.1, -0.05) is 0 Å². The van der Waals surface area contributed by atoms with Crippen LogP contribution in [0.3, 0.4) is 0 Å². The molecule has 1 aliphatic heterocycles. The van der Waals surface area contributed by atoms with Crippen molar-refractivity contribution in [2.45, 2.75) is 45.6 Å². The van der Waals surface area contributed by atoms with Gasteiger partial charge in [-0.05, 0) is 45.6 Å². The van der Waals surface area contributed by atoms with Crippen LogP contribution in [0.25, 0.3) is 10.2 Å². The number of hydrogen-bond acceptors (Lipinski definition) is 5. The largest absolute Gasteiger partial charge is 0.372 e. The van der Waals surface area contributed by atoms with Crippen molar-refractivity contribution in [2.75, 3.05) is 19.0 Å². The van der Waals surface area contributed by atoms with Gasteiger partial charge in [0, 0.05) is 18.5 Å². The van der Waals surface area contributed by atoms with Gasteiger partial charge < -0.3 is 10.1 Å². The van der Waals surface area contributed by atoms with Crippen molar-refractivity contribution in [1.82, 2.24) is 9.97 Å². The number of fused-ring (bicyclic) bond motifs is 1. The molecule has 4 nitrogen and oxygen atoms in total. The highest BCUT2D eigenvalue weighted by Crippen LogP contribution is 2.38. The monoisotopic (exact) mass is 291 g/mol. The van der Waals surface area contributed by atoms with Crippen LogP contribution in [0, 0.1) is 13.8 Å². The zero-order valence-electron chi connectivity index (χ0n) is 12.5. The highest BCUT2D eigenvalue weighted by molar-refractivity contribution is 7.18. The summed E-state index contributed by atoms with van der Waals surface area (Å²) in [6, 6.07) is 0. The summed E-state index contributed by atoms with van der Waals surface area (Å²) in [5.41, 5.74) is 0.930. The van der Waals surface area contributed by atoms with Gasteiger partial charge in [-0.2, -0.15) is 0 Å². The molecule has 0 aromatic carbocycles. The molecule has 0 aliphatic carbocycles. The van der Waals surface area contributed by atoms with Gasteiger partial charge in [0.05, 0.1) is 5.39 Å². The van der Waals surface area contributed by atoms with Gasteiger partial charge in [0.15, 0.2) is 5.82 Å². The Morgan fingerprint density at radius 3 is 2.70 bits per heavy atom. The first-order chi connectivity index (χ1) is 9.55. The Balaban J connectivity index is 2.18. The van der Waals surface area contributed by atoms with Crippen molar-refractivity contribution in [3.8, 4) is 0 Å². The summed E-state index contributed by atoms with van der Waals surface area (Å²) >= 11 is 1.74. The van der Waals surface area contributed by atoms with Crippen LogP contribution in [0.5, 0.6) is 0 Å². The number of nitrogens with zero attached hydrogens (tertiary/aromatic N) is 2. The molecule has 0 spiro atoms. The highest BCUT2D eigenvalue weighted by atomic mass is 32.1. The molecule has 5 heteroatoms. The molecule has 1 atom stereocenters. The van der Waals surface area contributed by atoms with Gasteiger partial charge >= 0.3 is 0 Å². The van der Waals surface area contributed by atoms with Crippen LogP contribution in [0.15, 0.2) is 0 Å². The van der Waals surface area contributed by atoms with E-state index in [1.165, 1.54) is 16.9 Å². The number of aromatic nitrogens is 2. The number of aryl methyl sites for hydroxylation is 2. The number of anilines is 1. The van der Waals surface area contributed by atoms with E-state index >= 15 is 0 Å². The van der Waals surface area contributed by atoms with E-state index < -0.39 is 0 Å². The summed E-state index contributed by atoms with van der Waals surface area (Å²) in [6.07, 6.45) is 3.30. The molecule has 3 heterocycles. The molecule has 1 saturated heterocycles. The summed E-state index contributed by atoms with van der Waals surface area (Å²) in [5, 5.41) is 4.37. The number of thiophene rings is 1. The fraction of sp³-hybridized carbons (Fsp3) is 0.600. The summed E-state index contributed by atoms with van der Waals surface area (Å²) < 4.78 is 5.99. The summed E-state index contributed by atoms with van der Waals surface area (Å²) in [7, 11) is 1.92. The SMILES string of the molecule is CNc1nc(C2(C)CCCCO2)nc2sc(C)c(C)c12. The second-order valence-corrected chi connectivity index (χ2v) is 6.85. The maximum absolute atomic E-state index is 5.99. The van der Waals surface area contributed by atoms with Gasteiger partial charge in [0.25, 0.3) is 0 Å². The Morgan fingerprint density at radius 2 is 2.05 bits per heavy atom. The average Bonchev–Trinajstić information content (AvgIpc) is 2.74. The second-order valence-electron chi connectivity index (χ2n) is 5.65. The lowest BCUT2D eigenvalue weighted by atomic mass is 9.95. The van der Waals surface area contributed by atoms with Crippen LogP contribution in [0.1, 0.15) is 42.5 Å². The van der Waals surface area contributed by atoms with E-state index in [0.717, 1.165) is 41.3 Å². The second kappa shape index (κ2) is 4.97. The molecule has 0 amide bonds. The lowest BCUT2D eigenvalue weighted by Crippen LogP contribution is -2.32. The van der Waals surface area contributed by atoms with E-state index in [2.05, 4.69) is 26.1 Å². The van der Waals surface area contributed by atoms with Gasteiger partial charge in [-0.3, -0.25) is 0 Å². The van der Waals surface area contributed by atoms with E-state index in [9.17, 15) is 0 Å². The van der Waals surface area contributed by atoms with E-state index in [1.807, 2.05) is 7.05 Å². The molecule has 1 N–H and O–H groups in total. The van der Waals surface area contributed by atoms with E-state index in [1.54, 1.807) is 11.3 Å². The zero-order valence-corrected chi connectivity index (χ0v) is 13.4. The van der Waals surface area contributed by atoms with Crippen molar-refractivity contribution in [2.24, 2.45) is 0 Å². The van der Waals surface area contributed by atoms with Gasteiger partial charge in [-0.25, -0.2) is 9.97 Å². The molecule has 0 saturated carbocycles. The van der Waals surface area contributed by atoms with Crippen molar-refractivity contribution in [1.29, 1.82) is 0 Å². The van der Waals surface area contributed by atoms with Crippen LogP contribution in [0.4, 0.5) is 5.82 Å². The van der Waals surface area contributed by atoms with Crippen molar-refractivity contribution in [3.05, 3.63) is 16.3 Å². The molecule has 2 aromatic rings. The standard InChI is InChI=1S/C15H21N3OS/c1-9-10(2)20-13-11(9)12(16-4)17-14(18-13)15(3)7-5-6-8-19-15/h5-8H2,1-4H3,(H,16,17,18). The van der Waals surface area contributed by atoms with Crippen LogP contribution in [0.2, 0.25) is 0 Å². The van der Waals surface area contributed by atoms with Crippen LogP contribution in [-0.2, 0) is 10.3 Å². The number of nitrogens with one attached hydrogen (secondary N) is 1. The first-order valence-electron chi connectivity index (χ1n) is 7.15. The minimum atomic E-state index is -0.343. The number of ether oxygens (including phenoxy) is 1. The molecule has 1 unspecified atom stereocenters. The Bertz CT molecular complexity index is 644. The molecule has 2 aromatic heterocycles. The first-order valence-corrected chi connectivity index (χ1v) is 7.97. The third-order valence-electron chi connectivity index (χ3n) is 4.21. The first kappa shape index (κ1) is 13.8. The topological polar surface area (TPSA) is 47.0 Å². The lowest BCUT2D eigenvalue weighted by Gasteiger charge is -2.32. The summed E-state index contributed by atoms with van der Waals surface area (Å²) in [5.74, 6) is 1.73. The number of rotatable bonds is 2. The molecule has 20 heavy (non-hydrogen) atoms. The zero-order chi connectivity index (χ0) is 14.3. The maximum atomic E-state index is 5.99. The van der Waals surface area contributed by atoms with Crippen molar-refractivity contribution < 1.29 is 4.74 Å². The van der Waals surface area contributed by atoms with Gasteiger partial charge in [0.2, 0.25) is 0 Å². The van der Waals surface area contributed by atoms with Crippen LogP contribution < -0.4 is 5.32 Å². The number of hydrogen-bond donors (Lipinski definition) is 1. The van der Waals surface area contributed by atoms with Crippen LogP contribution in [-0.4, -0.2) is 23.6 Å². The minimum Gasteiger partial charge on any atom is -0.372 e. The molecular formula is C15H21N3OS. The third kappa shape index (κ3) is 2.09. The normalized spacial score (nSPS) is 23.2. The predicted octanol–water partition coefficient (Wildman–Crippen LogP) is 3.77. The third-order valence-corrected chi connectivity index (χ3v) is 5.31. The molecule has 1 aliphatic rings. The van der Waals surface area contributed by atoms with E-state index in [4.69, 9.17) is 14.7 Å². The maximum Gasteiger partial charge on any atom is 0.163 e. The Morgan fingerprint density at radius 1 is 1.25 bits per heavy atom. The molecule has 108 valence electrons. The molecular weight excluding hydrogens is 270 g/mol. The van der Waals surface area contributed by atoms with E-state index in [-0.39, 0.29) is 5.60 Å². The molecule has 0 bridgehead atoms. The minimum absolute atomic E-state index is 0.343. The molecule has 1 fully saturated rings. The average molecular weight is 291 g/mol. The Hall–Kier alpha value is -1.20. The van der Waals surface area contributed by atoms with Crippen molar-refractivity contribution in [3.63, 3.8) is 0 Å². The highest BCUT2D eigenvalue weighted by Gasteiger charge is 2.34. The van der Waals surface area contributed by atoms with Crippen molar-refractivity contribution >= 4 is 27.4 Å². The Labute approximate surface area is 123 Å². The van der Waals surface area contributed by atoms with E-state index in [0.29, 0.717) is 0 Å². The summed E-state index contributed by atoms with van der Waals surface area (Å²) in [6.45, 7) is 7.19. The van der Waals surface area contributed by atoms with Gasteiger partial charge in [-0.15, -0.1) is 11.3 Å². The Kier molecular flexibility index (Phi) is 3.42. The predicted molar refractivity (Wildman–Crippen MR) is 83.6 cm³/mol. The molecule has 0 radical (unpaired) electrons.